The fraction of sp³-hybridized carbons (Fsp3) is 1.00. The van der Waals surface area contributed by atoms with E-state index >= 15 is 0 Å². The fourth-order valence-electron chi connectivity index (χ4n) is 3.22. The Hall–Kier alpha value is -0.0400. The zero-order valence-corrected chi connectivity index (χ0v) is 15.2. The summed E-state index contributed by atoms with van der Waals surface area (Å²) < 4.78 is 0. The Kier molecular flexibility index (Phi) is 16.3. The smallest absolute Gasteiger partial charge is 0.0568 e. The highest BCUT2D eigenvalue weighted by atomic mass is 16.3. The van der Waals surface area contributed by atoms with Crippen LogP contribution in [0.1, 0.15) is 117 Å². The fourth-order valence-corrected chi connectivity index (χ4v) is 3.22. The maximum Gasteiger partial charge on any atom is 0.0568 e. The highest BCUT2D eigenvalue weighted by molar-refractivity contribution is 4.68. The Bertz CT molecular complexity index is 190. The molecular weight excluding hydrogens is 256 g/mol. The van der Waals surface area contributed by atoms with Gasteiger partial charge in [-0.1, -0.05) is 104 Å². The van der Waals surface area contributed by atoms with E-state index in [4.69, 9.17) is 0 Å². The number of rotatable bonds is 16. The van der Waals surface area contributed by atoms with Crippen LogP contribution in [0.4, 0.5) is 0 Å². The quantitative estimate of drug-likeness (QED) is 0.308. The first-order chi connectivity index (χ1) is 10.3. The number of hydrogen-bond donors (Lipinski definition) is 1. The molecule has 0 aromatic carbocycles. The summed E-state index contributed by atoms with van der Waals surface area (Å²) in [4.78, 5) is 0. The highest BCUT2D eigenvalue weighted by Crippen LogP contribution is 2.22. The molecule has 0 fully saturated rings. The summed E-state index contributed by atoms with van der Waals surface area (Å²) in [6.07, 6.45) is 19.6. The van der Waals surface area contributed by atoms with Gasteiger partial charge < -0.3 is 5.11 Å². The summed E-state index contributed by atoms with van der Waals surface area (Å²) in [6.45, 7) is 6.74. The number of unbranched alkanes of at least 4 members (excludes halogenated alkanes) is 10. The van der Waals surface area contributed by atoms with Gasteiger partial charge in [0.1, 0.15) is 0 Å². The molecule has 0 bridgehead atoms. The molecule has 0 radical (unpaired) electrons. The Morgan fingerprint density at radius 3 is 1.52 bits per heavy atom. The molecular formula is C20H42O. The van der Waals surface area contributed by atoms with E-state index in [1.165, 1.54) is 83.5 Å². The van der Waals surface area contributed by atoms with Gasteiger partial charge in [-0.2, -0.15) is 0 Å². The minimum Gasteiger partial charge on any atom is -0.393 e. The van der Waals surface area contributed by atoms with Crippen LogP contribution in [-0.4, -0.2) is 11.2 Å². The lowest BCUT2D eigenvalue weighted by molar-refractivity contribution is 0.0873. The third kappa shape index (κ3) is 13.4. The zero-order chi connectivity index (χ0) is 15.8. The SMILES string of the molecule is CCCCCCCCCCCC(CC)C(O)CCCCC. The lowest BCUT2D eigenvalue weighted by Crippen LogP contribution is -2.19. The molecule has 0 aliphatic carbocycles. The summed E-state index contributed by atoms with van der Waals surface area (Å²) in [5.74, 6) is 0.548. The van der Waals surface area contributed by atoms with Gasteiger partial charge in [0.05, 0.1) is 6.10 Å². The molecule has 0 rings (SSSR count). The molecule has 128 valence electrons. The third-order valence-corrected chi connectivity index (χ3v) is 4.85. The van der Waals surface area contributed by atoms with Gasteiger partial charge in [-0.25, -0.2) is 0 Å². The van der Waals surface area contributed by atoms with Gasteiger partial charge in [0, 0.05) is 0 Å². The Labute approximate surface area is 134 Å². The molecule has 0 saturated heterocycles. The van der Waals surface area contributed by atoms with Crippen molar-refractivity contribution in [3.05, 3.63) is 0 Å². The molecule has 0 amide bonds. The normalized spacial score (nSPS) is 14.3. The van der Waals surface area contributed by atoms with Crippen LogP contribution in [0, 0.1) is 5.92 Å². The van der Waals surface area contributed by atoms with Gasteiger partial charge in [0.15, 0.2) is 0 Å². The molecule has 0 saturated carbocycles. The molecule has 2 unspecified atom stereocenters. The molecule has 0 aromatic rings. The van der Waals surface area contributed by atoms with E-state index in [0.29, 0.717) is 5.92 Å². The summed E-state index contributed by atoms with van der Waals surface area (Å²) in [6, 6.07) is 0. The van der Waals surface area contributed by atoms with Crippen molar-refractivity contribution in [1.82, 2.24) is 0 Å². The van der Waals surface area contributed by atoms with Crippen LogP contribution in [0.2, 0.25) is 0 Å². The molecule has 21 heavy (non-hydrogen) atoms. The summed E-state index contributed by atoms with van der Waals surface area (Å²) in [5, 5.41) is 10.3. The topological polar surface area (TPSA) is 20.2 Å². The first kappa shape index (κ1) is 21.0. The van der Waals surface area contributed by atoms with Crippen molar-refractivity contribution in [2.24, 2.45) is 5.92 Å². The first-order valence-electron chi connectivity index (χ1n) is 9.94. The standard InChI is InChI=1S/C20H42O/c1-4-7-9-10-11-12-13-14-16-17-19(6-3)20(21)18-15-8-5-2/h19-21H,4-18H2,1-3H3. The average Bonchev–Trinajstić information content (AvgIpc) is 2.49. The molecule has 1 N–H and O–H groups in total. The molecule has 0 aliphatic heterocycles. The second-order valence-electron chi connectivity index (χ2n) is 6.85. The van der Waals surface area contributed by atoms with E-state index in [9.17, 15) is 5.11 Å². The Morgan fingerprint density at radius 2 is 1.00 bits per heavy atom. The molecule has 0 aliphatic rings. The lowest BCUT2D eigenvalue weighted by atomic mass is 9.90. The minimum absolute atomic E-state index is 0.0457. The largest absolute Gasteiger partial charge is 0.393 e. The number of aliphatic hydroxyl groups excluding tert-OH is 1. The van der Waals surface area contributed by atoms with E-state index < -0.39 is 0 Å². The third-order valence-electron chi connectivity index (χ3n) is 4.85. The van der Waals surface area contributed by atoms with E-state index in [-0.39, 0.29) is 6.10 Å². The second-order valence-corrected chi connectivity index (χ2v) is 6.85. The van der Waals surface area contributed by atoms with Crippen LogP contribution < -0.4 is 0 Å². The molecule has 0 aromatic heterocycles. The predicted octanol–water partition coefficient (Wildman–Crippen LogP) is 6.87. The number of aliphatic hydroxyl groups is 1. The average molecular weight is 299 g/mol. The Morgan fingerprint density at radius 1 is 0.571 bits per heavy atom. The number of hydrogen-bond acceptors (Lipinski definition) is 1. The molecule has 0 spiro atoms. The van der Waals surface area contributed by atoms with Crippen molar-refractivity contribution in [2.45, 2.75) is 123 Å². The van der Waals surface area contributed by atoms with E-state index in [1.54, 1.807) is 0 Å². The van der Waals surface area contributed by atoms with Crippen molar-refractivity contribution in [3.63, 3.8) is 0 Å². The monoisotopic (exact) mass is 298 g/mol. The summed E-state index contributed by atoms with van der Waals surface area (Å²) >= 11 is 0. The van der Waals surface area contributed by atoms with E-state index in [1.807, 2.05) is 0 Å². The van der Waals surface area contributed by atoms with Crippen molar-refractivity contribution in [2.75, 3.05) is 0 Å². The van der Waals surface area contributed by atoms with Crippen LogP contribution in [0.5, 0.6) is 0 Å². The maximum absolute atomic E-state index is 10.3. The van der Waals surface area contributed by atoms with E-state index in [0.717, 1.165) is 12.8 Å². The second kappa shape index (κ2) is 16.3. The van der Waals surface area contributed by atoms with Gasteiger partial charge in [-0.3, -0.25) is 0 Å². The van der Waals surface area contributed by atoms with E-state index in [2.05, 4.69) is 20.8 Å². The first-order valence-corrected chi connectivity index (χ1v) is 9.94. The highest BCUT2D eigenvalue weighted by Gasteiger charge is 2.16. The van der Waals surface area contributed by atoms with Crippen LogP contribution in [-0.2, 0) is 0 Å². The van der Waals surface area contributed by atoms with Crippen molar-refractivity contribution >= 4 is 0 Å². The molecule has 0 heterocycles. The van der Waals surface area contributed by atoms with Crippen LogP contribution in [0.15, 0.2) is 0 Å². The van der Waals surface area contributed by atoms with Crippen molar-refractivity contribution in [3.8, 4) is 0 Å². The lowest BCUT2D eigenvalue weighted by Gasteiger charge is -2.21. The van der Waals surface area contributed by atoms with Gasteiger partial charge in [-0.05, 0) is 18.8 Å². The predicted molar refractivity (Wildman–Crippen MR) is 95.8 cm³/mol. The zero-order valence-electron chi connectivity index (χ0n) is 15.2. The van der Waals surface area contributed by atoms with Gasteiger partial charge in [0.2, 0.25) is 0 Å². The van der Waals surface area contributed by atoms with Gasteiger partial charge in [-0.15, -0.1) is 0 Å². The van der Waals surface area contributed by atoms with Gasteiger partial charge in [0.25, 0.3) is 0 Å². The molecule has 1 heteroatoms. The minimum atomic E-state index is -0.0457. The van der Waals surface area contributed by atoms with Crippen LogP contribution >= 0.6 is 0 Å². The molecule has 1 nitrogen and oxygen atoms in total. The Balaban J connectivity index is 3.45. The maximum atomic E-state index is 10.3. The van der Waals surface area contributed by atoms with Crippen molar-refractivity contribution < 1.29 is 5.11 Å². The van der Waals surface area contributed by atoms with Crippen LogP contribution in [0.25, 0.3) is 0 Å². The van der Waals surface area contributed by atoms with Gasteiger partial charge >= 0.3 is 0 Å². The summed E-state index contributed by atoms with van der Waals surface area (Å²) in [5.41, 5.74) is 0. The van der Waals surface area contributed by atoms with Crippen LogP contribution in [0.3, 0.4) is 0 Å². The summed E-state index contributed by atoms with van der Waals surface area (Å²) in [7, 11) is 0. The van der Waals surface area contributed by atoms with Crippen molar-refractivity contribution in [1.29, 1.82) is 0 Å². The molecule has 2 atom stereocenters.